The number of rotatable bonds is 5. The summed E-state index contributed by atoms with van der Waals surface area (Å²) in [6.07, 6.45) is 7.40. The van der Waals surface area contributed by atoms with Crippen molar-refractivity contribution in [3.05, 3.63) is 0 Å². The van der Waals surface area contributed by atoms with Crippen molar-refractivity contribution < 1.29 is 14.7 Å². The molecule has 0 spiro atoms. The van der Waals surface area contributed by atoms with E-state index in [0.29, 0.717) is 30.7 Å². The molecule has 2 rings (SSSR count). The van der Waals surface area contributed by atoms with E-state index < -0.39 is 5.97 Å². The lowest BCUT2D eigenvalue weighted by atomic mass is 9.81. The molecule has 2 fully saturated rings. The van der Waals surface area contributed by atoms with Gasteiger partial charge in [-0.05, 0) is 57.3 Å². The lowest BCUT2D eigenvalue weighted by Gasteiger charge is -2.32. The fourth-order valence-corrected chi connectivity index (χ4v) is 3.77. The second-order valence-corrected chi connectivity index (χ2v) is 7.19. The van der Waals surface area contributed by atoms with Crippen LogP contribution in [0.1, 0.15) is 65.2 Å². The summed E-state index contributed by atoms with van der Waals surface area (Å²) in [5, 5.41) is 9.04. The predicted molar refractivity (Wildman–Crippen MR) is 81.9 cm³/mol. The first-order chi connectivity index (χ1) is 9.99. The zero-order chi connectivity index (χ0) is 15.4. The van der Waals surface area contributed by atoms with Crippen LogP contribution >= 0.6 is 0 Å². The molecule has 1 unspecified atom stereocenters. The first-order valence-electron chi connectivity index (χ1n) is 8.52. The monoisotopic (exact) mass is 295 g/mol. The molecule has 0 aromatic carbocycles. The fraction of sp³-hybridized carbons (Fsp3) is 0.882. The Morgan fingerprint density at radius 1 is 1.10 bits per heavy atom. The van der Waals surface area contributed by atoms with Gasteiger partial charge >= 0.3 is 5.97 Å². The Hall–Kier alpha value is -1.06. The summed E-state index contributed by atoms with van der Waals surface area (Å²) < 4.78 is 0. The highest BCUT2D eigenvalue weighted by molar-refractivity contribution is 5.80. The van der Waals surface area contributed by atoms with Crippen molar-refractivity contribution in [2.45, 2.75) is 71.3 Å². The van der Waals surface area contributed by atoms with Crippen LogP contribution in [0.15, 0.2) is 0 Å². The largest absolute Gasteiger partial charge is 0.481 e. The van der Waals surface area contributed by atoms with Gasteiger partial charge in [0, 0.05) is 18.5 Å². The van der Waals surface area contributed by atoms with Gasteiger partial charge in [0.05, 0.1) is 5.92 Å². The van der Waals surface area contributed by atoms with E-state index in [4.69, 9.17) is 5.11 Å². The summed E-state index contributed by atoms with van der Waals surface area (Å²) in [6.45, 7) is 5.36. The van der Waals surface area contributed by atoms with Crippen LogP contribution in [0.25, 0.3) is 0 Å². The van der Waals surface area contributed by atoms with Gasteiger partial charge < -0.3 is 10.0 Å². The molecule has 0 aromatic heterocycles. The van der Waals surface area contributed by atoms with Crippen LogP contribution < -0.4 is 0 Å². The van der Waals surface area contributed by atoms with Gasteiger partial charge in [-0.1, -0.05) is 13.8 Å². The van der Waals surface area contributed by atoms with Crippen molar-refractivity contribution in [3.8, 4) is 0 Å². The first-order valence-corrected chi connectivity index (χ1v) is 8.52. The van der Waals surface area contributed by atoms with Gasteiger partial charge in [0.2, 0.25) is 5.91 Å². The Labute approximate surface area is 127 Å². The van der Waals surface area contributed by atoms with E-state index in [9.17, 15) is 9.59 Å². The van der Waals surface area contributed by atoms with Crippen LogP contribution in [0.5, 0.6) is 0 Å². The lowest BCUT2D eigenvalue weighted by Crippen LogP contribution is -2.41. The number of carbonyl (C=O) groups excluding carboxylic acids is 1. The number of aliphatic carboxylic acids is 1. The molecule has 1 heterocycles. The van der Waals surface area contributed by atoms with E-state index in [1.807, 2.05) is 0 Å². The van der Waals surface area contributed by atoms with Gasteiger partial charge in [0.25, 0.3) is 0 Å². The molecule has 0 radical (unpaired) electrons. The van der Waals surface area contributed by atoms with Crippen LogP contribution in [-0.2, 0) is 9.59 Å². The third-order valence-corrected chi connectivity index (χ3v) is 5.16. The van der Waals surface area contributed by atoms with Crippen molar-refractivity contribution in [2.75, 3.05) is 6.54 Å². The topological polar surface area (TPSA) is 57.6 Å². The minimum absolute atomic E-state index is 0.0697. The SMILES string of the molecule is CC(C)CCC1CCCN1C(=O)C1CCC(C(=O)O)CC1. The maximum Gasteiger partial charge on any atom is 0.306 e. The van der Waals surface area contributed by atoms with Gasteiger partial charge in [0.1, 0.15) is 0 Å². The van der Waals surface area contributed by atoms with Crippen molar-refractivity contribution in [1.29, 1.82) is 0 Å². The van der Waals surface area contributed by atoms with Crippen LogP contribution in [0.3, 0.4) is 0 Å². The number of hydrogen-bond donors (Lipinski definition) is 1. The van der Waals surface area contributed by atoms with E-state index in [1.165, 1.54) is 6.42 Å². The second kappa shape index (κ2) is 7.28. The minimum atomic E-state index is -0.697. The van der Waals surface area contributed by atoms with Gasteiger partial charge in [-0.3, -0.25) is 9.59 Å². The molecular weight excluding hydrogens is 266 g/mol. The molecule has 1 amide bonds. The fourth-order valence-electron chi connectivity index (χ4n) is 3.77. The molecule has 0 bridgehead atoms. The Balaban J connectivity index is 1.86. The normalized spacial score (nSPS) is 29.9. The number of hydrogen-bond acceptors (Lipinski definition) is 2. The molecule has 4 heteroatoms. The summed E-state index contributed by atoms with van der Waals surface area (Å²) in [5.41, 5.74) is 0. The number of carbonyl (C=O) groups is 2. The molecule has 1 aliphatic carbocycles. The summed E-state index contributed by atoms with van der Waals surface area (Å²) >= 11 is 0. The second-order valence-electron chi connectivity index (χ2n) is 7.19. The number of carboxylic acids is 1. The van der Waals surface area contributed by atoms with E-state index in [-0.39, 0.29) is 11.8 Å². The van der Waals surface area contributed by atoms with Crippen molar-refractivity contribution in [3.63, 3.8) is 0 Å². The summed E-state index contributed by atoms with van der Waals surface area (Å²) in [4.78, 5) is 25.8. The highest BCUT2D eigenvalue weighted by Crippen LogP contribution is 2.33. The van der Waals surface area contributed by atoms with Gasteiger partial charge in [-0.15, -0.1) is 0 Å². The summed E-state index contributed by atoms with van der Waals surface area (Å²) in [7, 11) is 0. The highest BCUT2D eigenvalue weighted by atomic mass is 16.4. The zero-order valence-corrected chi connectivity index (χ0v) is 13.4. The summed E-state index contributed by atoms with van der Waals surface area (Å²) in [6, 6.07) is 0.428. The molecule has 1 saturated heterocycles. The number of amides is 1. The Morgan fingerprint density at radius 2 is 1.71 bits per heavy atom. The maximum absolute atomic E-state index is 12.7. The average molecular weight is 295 g/mol. The number of carboxylic acid groups (broad SMARTS) is 1. The third-order valence-electron chi connectivity index (χ3n) is 5.16. The molecule has 0 aromatic rings. The van der Waals surface area contributed by atoms with Crippen molar-refractivity contribution >= 4 is 11.9 Å². The number of likely N-dealkylation sites (tertiary alicyclic amines) is 1. The predicted octanol–water partition coefficient (Wildman–Crippen LogP) is 3.30. The van der Waals surface area contributed by atoms with E-state index in [1.54, 1.807) is 0 Å². The van der Waals surface area contributed by atoms with E-state index in [0.717, 1.165) is 38.6 Å². The zero-order valence-electron chi connectivity index (χ0n) is 13.4. The highest BCUT2D eigenvalue weighted by Gasteiger charge is 2.36. The molecular formula is C17H29NO3. The van der Waals surface area contributed by atoms with E-state index in [2.05, 4.69) is 18.7 Å². The Bertz CT molecular complexity index is 372. The third kappa shape index (κ3) is 4.21. The minimum Gasteiger partial charge on any atom is -0.481 e. The number of nitrogens with zero attached hydrogens (tertiary/aromatic N) is 1. The van der Waals surface area contributed by atoms with Crippen LogP contribution in [0, 0.1) is 17.8 Å². The Kier molecular flexibility index (Phi) is 5.65. The van der Waals surface area contributed by atoms with Gasteiger partial charge in [-0.2, -0.15) is 0 Å². The molecule has 1 aliphatic heterocycles. The molecule has 1 N–H and O–H groups in total. The molecule has 21 heavy (non-hydrogen) atoms. The Morgan fingerprint density at radius 3 is 2.29 bits per heavy atom. The average Bonchev–Trinajstić information content (AvgIpc) is 2.92. The smallest absolute Gasteiger partial charge is 0.306 e. The van der Waals surface area contributed by atoms with Crippen LogP contribution in [0.2, 0.25) is 0 Å². The van der Waals surface area contributed by atoms with Crippen molar-refractivity contribution in [2.24, 2.45) is 17.8 Å². The standard InChI is InChI=1S/C17H29NO3/c1-12(2)5-10-15-4-3-11-18(15)16(19)13-6-8-14(9-7-13)17(20)21/h12-15H,3-11H2,1-2H3,(H,20,21). The first kappa shape index (κ1) is 16.3. The molecule has 120 valence electrons. The molecule has 2 aliphatic rings. The molecule has 1 atom stereocenters. The molecule has 4 nitrogen and oxygen atoms in total. The van der Waals surface area contributed by atoms with Gasteiger partial charge in [0.15, 0.2) is 0 Å². The van der Waals surface area contributed by atoms with Gasteiger partial charge in [-0.25, -0.2) is 0 Å². The summed E-state index contributed by atoms with van der Waals surface area (Å²) in [5.74, 6) is 0.125. The van der Waals surface area contributed by atoms with Crippen molar-refractivity contribution in [1.82, 2.24) is 4.90 Å². The molecule has 1 saturated carbocycles. The lowest BCUT2D eigenvalue weighted by molar-refractivity contribution is -0.146. The van der Waals surface area contributed by atoms with Crippen LogP contribution in [0.4, 0.5) is 0 Å². The maximum atomic E-state index is 12.7. The quantitative estimate of drug-likeness (QED) is 0.846. The van der Waals surface area contributed by atoms with Crippen LogP contribution in [-0.4, -0.2) is 34.5 Å². The van der Waals surface area contributed by atoms with E-state index >= 15 is 0 Å².